The molecule has 6 nitrogen and oxygen atoms in total. The number of aromatic hydroxyl groups is 2. The van der Waals surface area contributed by atoms with Gasteiger partial charge in [0.15, 0.2) is 11.6 Å². The molecule has 0 bridgehead atoms. The Morgan fingerprint density at radius 2 is 1.18 bits per heavy atom. The highest BCUT2D eigenvalue weighted by Crippen LogP contribution is 2.26. The fraction of sp³-hybridized carbons (Fsp3) is 0.188. The maximum Gasteiger partial charge on any atom is 0.163 e. The van der Waals surface area contributed by atoms with Crippen molar-refractivity contribution in [3.63, 3.8) is 0 Å². The number of carbonyl (C=O) groups excluding carboxylic acids is 2. The maximum absolute atomic E-state index is 11.4. The normalized spacial score (nSPS) is 10.2. The van der Waals surface area contributed by atoms with Gasteiger partial charge in [0, 0.05) is 18.4 Å². The van der Waals surface area contributed by atoms with Gasteiger partial charge in [0.05, 0.1) is 19.8 Å². The zero-order valence-electron chi connectivity index (χ0n) is 22.0. The molecule has 0 aromatic heterocycles. The van der Waals surface area contributed by atoms with Gasteiger partial charge in [-0.3, -0.25) is 9.59 Å². The van der Waals surface area contributed by atoms with Crippen molar-refractivity contribution in [2.45, 2.75) is 26.7 Å². The lowest BCUT2D eigenvalue weighted by molar-refractivity contribution is 0.100. The van der Waals surface area contributed by atoms with Crippen LogP contribution in [0, 0.1) is 0 Å². The van der Waals surface area contributed by atoms with E-state index >= 15 is 0 Å². The number of hydrogen-bond donors (Lipinski definition) is 2. The molecule has 4 rings (SSSR count). The van der Waals surface area contributed by atoms with Crippen molar-refractivity contribution in [2.75, 3.05) is 14.2 Å². The number of rotatable bonds is 8. The smallest absolute Gasteiger partial charge is 0.163 e. The first-order valence-corrected chi connectivity index (χ1v) is 12.1. The van der Waals surface area contributed by atoms with Gasteiger partial charge in [-0.1, -0.05) is 36.4 Å². The first-order valence-electron chi connectivity index (χ1n) is 12.1. The maximum atomic E-state index is 11.4. The highest BCUT2D eigenvalue weighted by Gasteiger charge is 2.11. The van der Waals surface area contributed by atoms with Gasteiger partial charge in [-0.05, 0) is 84.6 Å². The minimum atomic E-state index is -0.130. The van der Waals surface area contributed by atoms with Gasteiger partial charge in [0.25, 0.3) is 0 Å². The van der Waals surface area contributed by atoms with Gasteiger partial charge in [0.2, 0.25) is 0 Å². The molecular formula is C32H32O6. The Morgan fingerprint density at radius 3 is 1.66 bits per heavy atom. The number of carbonyl (C=O) groups is 2. The van der Waals surface area contributed by atoms with Crippen LogP contribution in [0.1, 0.15) is 56.8 Å². The molecule has 0 aliphatic carbocycles. The lowest BCUT2D eigenvalue weighted by atomic mass is 10.00. The number of Topliss-reactive ketones (excluding diaryl/α,β-unsaturated/α-hetero) is 2. The van der Waals surface area contributed by atoms with Gasteiger partial charge in [-0.15, -0.1) is 0 Å². The molecule has 0 unspecified atom stereocenters. The summed E-state index contributed by atoms with van der Waals surface area (Å²) in [5, 5.41) is 19.9. The van der Waals surface area contributed by atoms with Crippen LogP contribution in [-0.2, 0) is 12.8 Å². The van der Waals surface area contributed by atoms with E-state index in [1.165, 1.54) is 13.8 Å². The number of para-hydroxylation sites is 1. The Hall–Kier alpha value is -4.58. The van der Waals surface area contributed by atoms with Gasteiger partial charge in [0.1, 0.15) is 23.0 Å². The Balaban J connectivity index is 0.000000211. The highest BCUT2D eigenvalue weighted by atomic mass is 16.5. The van der Waals surface area contributed by atoms with Crippen molar-refractivity contribution in [3.05, 3.63) is 118 Å². The Kier molecular flexibility index (Phi) is 9.66. The molecule has 0 saturated carbocycles. The highest BCUT2D eigenvalue weighted by molar-refractivity contribution is 5.97. The summed E-state index contributed by atoms with van der Waals surface area (Å²) < 4.78 is 10.2. The van der Waals surface area contributed by atoms with Crippen LogP contribution in [0.15, 0.2) is 84.9 Å². The predicted octanol–water partition coefficient (Wildman–Crippen LogP) is 6.39. The Morgan fingerprint density at radius 1 is 0.658 bits per heavy atom. The van der Waals surface area contributed by atoms with E-state index in [4.69, 9.17) is 9.47 Å². The number of ether oxygens (including phenoxy) is 2. The number of methoxy groups -OCH3 is 2. The summed E-state index contributed by atoms with van der Waals surface area (Å²) >= 11 is 0. The van der Waals surface area contributed by atoms with Crippen molar-refractivity contribution in [1.29, 1.82) is 0 Å². The van der Waals surface area contributed by atoms with Crippen molar-refractivity contribution in [1.82, 2.24) is 0 Å². The third-order valence-corrected chi connectivity index (χ3v) is 6.09. The molecule has 0 aliphatic rings. The van der Waals surface area contributed by atoms with Gasteiger partial charge in [-0.2, -0.15) is 0 Å². The molecule has 4 aromatic carbocycles. The zero-order chi connectivity index (χ0) is 27.7. The third-order valence-electron chi connectivity index (χ3n) is 6.09. The lowest BCUT2D eigenvalue weighted by Crippen LogP contribution is -1.97. The number of benzene rings is 4. The summed E-state index contributed by atoms with van der Waals surface area (Å²) in [6.07, 6.45) is 1.16. The van der Waals surface area contributed by atoms with E-state index in [0.717, 1.165) is 33.8 Å². The summed E-state index contributed by atoms with van der Waals surface area (Å²) in [7, 11) is 3.24. The van der Waals surface area contributed by atoms with Crippen LogP contribution in [0.3, 0.4) is 0 Å². The molecule has 0 atom stereocenters. The summed E-state index contributed by atoms with van der Waals surface area (Å²) in [5.74, 6) is 1.74. The van der Waals surface area contributed by atoms with Crippen molar-refractivity contribution >= 4 is 11.6 Å². The van der Waals surface area contributed by atoms with Crippen LogP contribution < -0.4 is 9.47 Å². The van der Waals surface area contributed by atoms with Crippen LogP contribution in [0.2, 0.25) is 0 Å². The minimum absolute atomic E-state index is 0.00372. The molecule has 6 heteroatoms. The predicted molar refractivity (Wildman–Crippen MR) is 148 cm³/mol. The average molecular weight is 513 g/mol. The second-order valence-electron chi connectivity index (χ2n) is 8.82. The quantitative estimate of drug-likeness (QED) is 0.266. The largest absolute Gasteiger partial charge is 0.508 e. The summed E-state index contributed by atoms with van der Waals surface area (Å²) in [6, 6.07) is 25.5. The third kappa shape index (κ3) is 7.46. The van der Waals surface area contributed by atoms with Crippen LogP contribution >= 0.6 is 0 Å². The number of hydrogen-bond acceptors (Lipinski definition) is 6. The monoisotopic (exact) mass is 512 g/mol. The van der Waals surface area contributed by atoms with E-state index < -0.39 is 0 Å². The summed E-state index contributed by atoms with van der Waals surface area (Å²) in [6.45, 7) is 2.97. The molecule has 0 heterocycles. The van der Waals surface area contributed by atoms with Gasteiger partial charge < -0.3 is 19.7 Å². The molecule has 2 N–H and O–H groups in total. The van der Waals surface area contributed by atoms with Gasteiger partial charge in [-0.25, -0.2) is 0 Å². The average Bonchev–Trinajstić information content (AvgIpc) is 2.92. The molecule has 0 amide bonds. The minimum Gasteiger partial charge on any atom is -0.508 e. The van der Waals surface area contributed by atoms with E-state index in [-0.39, 0.29) is 23.1 Å². The zero-order valence-corrected chi connectivity index (χ0v) is 22.0. The first kappa shape index (κ1) is 28.0. The molecule has 0 spiro atoms. The van der Waals surface area contributed by atoms with Crippen LogP contribution in [0.4, 0.5) is 0 Å². The van der Waals surface area contributed by atoms with E-state index in [1.54, 1.807) is 44.6 Å². The molecule has 0 aliphatic heterocycles. The van der Waals surface area contributed by atoms with Crippen LogP contribution in [0.5, 0.6) is 23.0 Å². The fourth-order valence-corrected chi connectivity index (χ4v) is 3.89. The lowest BCUT2D eigenvalue weighted by Gasteiger charge is -2.08. The standard InChI is InChI=1S/2C16H16O3/c1-11(17)13-5-8-16(18)14(10-13)9-12-3-6-15(19-2)7-4-12;1-11(17)15-5-3-4-13(16(15)18)10-12-6-8-14(19-2)9-7-12/h3-8,10,18H,9H2,1-2H3;3-9,18H,10H2,1-2H3. The second kappa shape index (κ2) is 13.1. The fourth-order valence-electron chi connectivity index (χ4n) is 3.89. The number of ketones is 2. The summed E-state index contributed by atoms with van der Waals surface area (Å²) in [5.41, 5.74) is 4.58. The second-order valence-corrected chi connectivity index (χ2v) is 8.82. The molecular weight excluding hydrogens is 480 g/mol. The van der Waals surface area contributed by atoms with Crippen molar-refractivity contribution in [3.8, 4) is 23.0 Å². The van der Waals surface area contributed by atoms with Crippen LogP contribution in [-0.4, -0.2) is 36.0 Å². The van der Waals surface area contributed by atoms with Crippen LogP contribution in [0.25, 0.3) is 0 Å². The van der Waals surface area contributed by atoms with Crippen molar-refractivity contribution in [2.24, 2.45) is 0 Å². The number of phenols is 2. The van der Waals surface area contributed by atoms with E-state index in [0.29, 0.717) is 24.0 Å². The molecule has 0 fully saturated rings. The summed E-state index contributed by atoms with van der Waals surface area (Å²) in [4.78, 5) is 22.7. The Labute approximate surface area is 223 Å². The first-order chi connectivity index (χ1) is 18.2. The number of phenolic OH excluding ortho intramolecular Hbond substituents is 2. The molecule has 38 heavy (non-hydrogen) atoms. The van der Waals surface area contributed by atoms with Gasteiger partial charge >= 0.3 is 0 Å². The molecule has 196 valence electrons. The van der Waals surface area contributed by atoms with Crippen molar-refractivity contribution < 1.29 is 29.3 Å². The van der Waals surface area contributed by atoms with E-state index in [9.17, 15) is 19.8 Å². The van der Waals surface area contributed by atoms with E-state index in [2.05, 4.69) is 0 Å². The Bertz CT molecular complexity index is 1340. The topological polar surface area (TPSA) is 93.1 Å². The molecule has 0 saturated heterocycles. The van der Waals surface area contributed by atoms with E-state index in [1.807, 2.05) is 54.6 Å². The molecule has 4 aromatic rings. The molecule has 0 radical (unpaired) electrons. The SMILES string of the molecule is COc1ccc(Cc2cc(C(C)=O)ccc2O)cc1.COc1ccc(Cc2cccc(C(C)=O)c2O)cc1.